The fourth-order valence-corrected chi connectivity index (χ4v) is 2.03. The summed E-state index contributed by atoms with van der Waals surface area (Å²) in [6, 6.07) is 4.62. The van der Waals surface area contributed by atoms with E-state index in [1.54, 1.807) is 0 Å². The monoisotopic (exact) mass is 234 g/mol. The first-order valence-electron chi connectivity index (χ1n) is 6.62. The van der Waals surface area contributed by atoms with Crippen LogP contribution >= 0.6 is 0 Å². The maximum Gasteiger partial charge on any atom is -0.000825 e. The van der Waals surface area contributed by atoms with Gasteiger partial charge in [0.25, 0.3) is 0 Å². The van der Waals surface area contributed by atoms with Crippen LogP contribution in [0.3, 0.4) is 0 Å². The summed E-state index contributed by atoms with van der Waals surface area (Å²) in [4.78, 5) is 0. The summed E-state index contributed by atoms with van der Waals surface area (Å²) in [5.74, 6) is 0. The van der Waals surface area contributed by atoms with E-state index in [1.807, 2.05) is 0 Å². The minimum Gasteiger partial charge on any atom is -0.330 e. The van der Waals surface area contributed by atoms with Crippen LogP contribution in [0.1, 0.15) is 35.1 Å². The Bertz CT molecular complexity index is 345. The van der Waals surface area contributed by atoms with E-state index in [-0.39, 0.29) is 0 Å². The number of hydrogen-bond donors (Lipinski definition) is 2. The van der Waals surface area contributed by atoms with E-state index in [9.17, 15) is 0 Å². The summed E-state index contributed by atoms with van der Waals surface area (Å²) >= 11 is 0. The summed E-state index contributed by atoms with van der Waals surface area (Å²) < 4.78 is 0. The van der Waals surface area contributed by atoms with E-state index in [0.29, 0.717) is 0 Å². The summed E-state index contributed by atoms with van der Waals surface area (Å²) in [7, 11) is 0. The molecule has 0 fully saturated rings. The summed E-state index contributed by atoms with van der Waals surface area (Å²) in [5.41, 5.74) is 11.1. The number of nitrogens with two attached hydrogens (primary N) is 1. The molecule has 0 atom stereocenters. The molecule has 0 saturated carbocycles. The Morgan fingerprint density at radius 3 is 2.35 bits per heavy atom. The van der Waals surface area contributed by atoms with Gasteiger partial charge in [-0.1, -0.05) is 12.1 Å². The molecule has 0 bridgehead atoms. The van der Waals surface area contributed by atoms with Crippen LogP contribution in [-0.2, 0) is 6.42 Å². The fraction of sp³-hybridized carbons (Fsp3) is 0.600. The maximum absolute atomic E-state index is 5.46. The molecule has 2 nitrogen and oxygen atoms in total. The first-order chi connectivity index (χ1) is 8.15. The normalized spacial score (nSPS) is 10.8. The van der Waals surface area contributed by atoms with E-state index in [0.717, 1.165) is 32.5 Å². The van der Waals surface area contributed by atoms with E-state index in [1.165, 1.54) is 28.7 Å². The summed E-state index contributed by atoms with van der Waals surface area (Å²) in [6.45, 7) is 9.52. The molecular weight excluding hydrogens is 208 g/mol. The second kappa shape index (κ2) is 7.46. The van der Waals surface area contributed by atoms with Crippen molar-refractivity contribution in [2.45, 2.75) is 40.0 Å². The van der Waals surface area contributed by atoms with Crippen molar-refractivity contribution in [3.05, 3.63) is 34.4 Å². The highest BCUT2D eigenvalue weighted by Gasteiger charge is 2.01. The van der Waals surface area contributed by atoms with Gasteiger partial charge in [0.1, 0.15) is 0 Å². The third-order valence-electron chi connectivity index (χ3n) is 3.33. The highest BCUT2D eigenvalue weighted by atomic mass is 14.8. The zero-order chi connectivity index (χ0) is 12.7. The van der Waals surface area contributed by atoms with Crippen LogP contribution in [-0.4, -0.2) is 19.6 Å². The Hall–Kier alpha value is -0.860. The van der Waals surface area contributed by atoms with Crippen LogP contribution in [0.5, 0.6) is 0 Å². The van der Waals surface area contributed by atoms with Gasteiger partial charge in [0.15, 0.2) is 0 Å². The topological polar surface area (TPSA) is 38.0 Å². The van der Waals surface area contributed by atoms with Crippen molar-refractivity contribution in [2.75, 3.05) is 19.6 Å². The van der Waals surface area contributed by atoms with E-state index in [2.05, 4.69) is 38.2 Å². The zero-order valence-electron chi connectivity index (χ0n) is 11.5. The molecule has 3 N–H and O–H groups in total. The number of unbranched alkanes of at least 4 members (excludes halogenated alkanes) is 1. The van der Waals surface area contributed by atoms with Gasteiger partial charge in [-0.3, -0.25) is 0 Å². The molecule has 96 valence electrons. The van der Waals surface area contributed by atoms with Crippen molar-refractivity contribution < 1.29 is 0 Å². The molecule has 0 aliphatic heterocycles. The quantitative estimate of drug-likeness (QED) is 0.711. The molecule has 2 heteroatoms. The molecule has 0 unspecified atom stereocenters. The molecule has 17 heavy (non-hydrogen) atoms. The molecule has 1 aromatic carbocycles. The number of rotatable bonds is 7. The molecule has 0 amide bonds. The highest BCUT2D eigenvalue weighted by molar-refractivity contribution is 5.36. The van der Waals surface area contributed by atoms with Crippen molar-refractivity contribution in [3.63, 3.8) is 0 Å². The van der Waals surface area contributed by atoms with Crippen LogP contribution in [0.2, 0.25) is 0 Å². The van der Waals surface area contributed by atoms with Crippen LogP contribution in [0.25, 0.3) is 0 Å². The number of nitrogens with one attached hydrogen (secondary N) is 1. The largest absolute Gasteiger partial charge is 0.330 e. The van der Waals surface area contributed by atoms with Crippen molar-refractivity contribution in [1.29, 1.82) is 0 Å². The van der Waals surface area contributed by atoms with Gasteiger partial charge in [0, 0.05) is 0 Å². The molecule has 0 saturated heterocycles. The molecule has 0 heterocycles. The van der Waals surface area contributed by atoms with Gasteiger partial charge in [-0.2, -0.15) is 0 Å². The lowest BCUT2D eigenvalue weighted by Crippen LogP contribution is -2.19. The van der Waals surface area contributed by atoms with Crippen LogP contribution in [0.4, 0.5) is 0 Å². The van der Waals surface area contributed by atoms with Crippen LogP contribution in [0, 0.1) is 20.8 Å². The predicted octanol–water partition coefficient (Wildman–Crippen LogP) is 2.48. The van der Waals surface area contributed by atoms with Gasteiger partial charge >= 0.3 is 0 Å². The van der Waals surface area contributed by atoms with Crippen molar-refractivity contribution in [3.8, 4) is 0 Å². The van der Waals surface area contributed by atoms with E-state index >= 15 is 0 Å². The molecule has 0 spiro atoms. The average Bonchev–Trinajstić information content (AvgIpc) is 2.30. The Kier molecular flexibility index (Phi) is 6.23. The van der Waals surface area contributed by atoms with Crippen molar-refractivity contribution in [1.82, 2.24) is 5.32 Å². The maximum atomic E-state index is 5.46. The van der Waals surface area contributed by atoms with Crippen LogP contribution in [0.15, 0.2) is 12.1 Å². The van der Waals surface area contributed by atoms with E-state index in [4.69, 9.17) is 5.73 Å². The van der Waals surface area contributed by atoms with Crippen molar-refractivity contribution >= 4 is 0 Å². The average molecular weight is 234 g/mol. The first-order valence-corrected chi connectivity index (χ1v) is 6.62. The molecule has 1 aromatic rings. The fourth-order valence-electron chi connectivity index (χ4n) is 2.03. The lowest BCUT2D eigenvalue weighted by atomic mass is 9.99. The Morgan fingerprint density at radius 1 is 0.941 bits per heavy atom. The van der Waals surface area contributed by atoms with Gasteiger partial charge in [-0.05, 0) is 81.9 Å². The molecule has 0 aromatic heterocycles. The van der Waals surface area contributed by atoms with Gasteiger partial charge in [0.2, 0.25) is 0 Å². The lowest BCUT2D eigenvalue weighted by molar-refractivity contribution is 0.626. The lowest BCUT2D eigenvalue weighted by Gasteiger charge is -2.10. The van der Waals surface area contributed by atoms with Crippen molar-refractivity contribution in [2.24, 2.45) is 5.73 Å². The minimum absolute atomic E-state index is 0.804. The number of aryl methyl sites for hydroxylation is 3. The molecule has 1 rings (SSSR count). The molecule has 0 aliphatic carbocycles. The van der Waals surface area contributed by atoms with E-state index < -0.39 is 0 Å². The van der Waals surface area contributed by atoms with Gasteiger partial charge < -0.3 is 11.1 Å². The first kappa shape index (κ1) is 14.2. The Morgan fingerprint density at radius 2 is 1.65 bits per heavy atom. The smallest absolute Gasteiger partial charge is 0.000825 e. The Labute approximate surface area is 106 Å². The zero-order valence-corrected chi connectivity index (χ0v) is 11.5. The summed E-state index contributed by atoms with van der Waals surface area (Å²) in [6.07, 6.45) is 3.42. The van der Waals surface area contributed by atoms with Gasteiger partial charge in [-0.15, -0.1) is 0 Å². The minimum atomic E-state index is 0.804. The number of hydrogen-bond acceptors (Lipinski definition) is 2. The molecule has 0 aliphatic rings. The second-order valence-electron chi connectivity index (χ2n) is 4.86. The summed E-state index contributed by atoms with van der Waals surface area (Å²) in [5, 5.41) is 3.47. The SMILES string of the molecule is Cc1cc(C)c(CCNCCCCN)cc1C. The number of benzene rings is 1. The molecule has 0 radical (unpaired) electrons. The standard InChI is InChI=1S/C15H26N2/c1-12-10-14(3)15(11-13(12)2)6-9-17-8-5-4-7-16/h10-11,17H,4-9,16H2,1-3H3. The van der Waals surface area contributed by atoms with Gasteiger partial charge in [0.05, 0.1) is 0 Å². The van der Waals surface area contributed by atoms with Gasteiger partial charge in [-0.25, -0.2) is 0 Å². The second-order valence-corrected chi connectivity index (χ2v) is 4.86. The van der Waals surface area contributed by atoms with Crippen LogP contribution < -0.4 is 11.1 Å². The third kappa shape index (κ3) is 4.88. The third-order valence-corrected chi connectivity index (χ3v) is 3.33. The highest BCUT2D eigenvalue weighted by Crippen LogP contribution is 2.15. The Balaban J connectivity index is 2.34. The predicted molar refractivity (Wildman–Crippen MR) is 75.5 cm³/mol. The molecular formula is C15H26N2.